The molecule has 0 bridgehead atoms. The second kappa shape index (κ2) is 9.26. The molecule has 0 N–H and O–H groups in total. The molecule has 1 aliphatic rings. The fraction of sp³-hybridized carbons (Fsp3) is 0.192. The summed E-state index contributed by atoms with van der Waals surface area (Å²) in [5.41, 5.74) is 6.39. The van der Waals surface area contributed by atoms with E-state index in [2.05, 4.69) is 14.9 Å². The van der Waals surface area contributed by atoms with Crippen molar-refractivity contribution in [1.29, 1.82) is 0 Å². The number of fused-ring (bicyclic) bond motifs is 1. The molecule has 0 amide bonds. The second-order valence-electron chi connectivity index (χ2n) is 7.95. The van der Waals surface area contributed by atoms with Crippen molar-refractivity contribution in [3.8, 4) is 22.6 Å². The van der Waals surface area contributed by atoms with Crippen molar-refractivity contribution in [2.75, 3.05) is 13.7 Å². The summed E-state index contributed by atoms with van der Waals surface area (Å²) in [6.07, 6.45) is 6.33. The maximum atomic E-state index is 11.9. The molecule has 4 aromatic rings. The zero-order valence-corrected chi connectivity index (χ0v) is 18.3. The number of carbonyl (C=O) groups is 1. The highest BCUT2D eigenvalue weighted by atomic mass is 16.5. The Balaban J connectivity index is 1.31. The lowest BCUT2D eigenvalue weighted by molar-refractivity contribution is 0.0601. The maximum absolute atomic E-state index is 11.9. The monoisotopic (exact) mass is 437 g/mol. The Morgan fingerprint density at radius 1 is 1.03 bits per heavy atom. The molecule has 0 spiro atoms. The third kappa shape index (κ3) is 4.63. The van der Waals surface area contributed by atoms with Crippen molar-refractivity contribution in [1.82, 2.24) is 24.8 Å². The van der Waals surface area contributed by atoms with Crippen LogP contribution in [-0.4, -0.2) is 44.5 Å². The van der Waals surface area contributed by atoms with Crippen LogP contribution in [0.25, 0.3) is 22.6 Å². The summed E-state index contributed by atoms with van der Waals surface area (Å²) in [6, 6.07) is 17.2. The minimum Gasteiger partial charge on any atom is -0.465 e. The average molecular weight is 438 g/mol. The maximum Gasteiger partial charge on any atom is 0.337 e. The SMILES string of the molecule is COC(=O)c1cccc(-c2cccc(CN3CCc4nc(-c5cccnc5)ncc4C3)n2)c1. The Morgan fingerprint density at radius 2 is 1.91 bits per heavy atom. The number of nitrogens with zero attached hydrogens (tertiary/aromatic N) is 5. The molecule has 3 aromatic heterocycles. The van der Waals surface area contributed by atoms with E-state index in [-0.39, 0.29) is 5.97 Å². The zero-order valence-electron chi connectivity index (χ0n) is 18.3. The Labute approximate surface area is 192 Å². The molecule has 1 aromatic carbocycles. The number of hydrogen-bond acceptors (Lipinski definition) is 7. The van der Waals surface area contributed by atoms with Gasteiger partial charge in [0, 0.05) is 61.3 Å². The summed E-state index contributed by atoms with van der Waals surface area (Å²) < 4.78 is 4.83. The van der Waals surface area contributed by atoms with Gasteiger partial charge < -0.3 is 4.74 Å². The Bertz CT molecular complexity index is 1290. The fourth-order valence-corrected chi connectivity index (χ4v) is 4.02. The standard InChI is InChI=1S/C26H23N5O2/c1-33-26(32)19-6-2-5-18(13-19)23-9-3-8-22(29-23)17-31-12-10-24-21(16-31)15-28-25(30-24)20-7-4-11-27-14-20/h2-9,11,13-15H,10,12,16-17H2,1H3. The molecule has 5 rings (SSSR count). The number of pyridine rings is 2. The number of esters is 1. The van der Waals surface area contributed by atoms with E-state index in [0.717, 1.165) is 65.7 Å². The largest absolute Gasteiger partial charge is 0.465 e. The third-order valence-corrected chi connectivity index (χ3v) is 5.70. The summed E-state index contributed by atoms with van der Waals surface area (Å²) in [5.74, 6) is 0.368. The molecule has 0 saturated heterocycles. The van der Waals surface area contributed by atoms with Crippen LogP contribution in [0.5, 0.6) is 0 Å². The first kappa shape index (κ1) is 20.9. The van der Waals surface area contributed by atoms with Gasteiger partial charge in [-0.3, -0.25) is 14.9 Å². The van der Waals surface area contributed by atoms with Crippen molar-refractivity contribution in [2.24, 2.45) is 0 Å². The summed E-state index contributed by atoms with van der Waals surface area (Å²) in [5, 5.41) is 0. The van der Waals surface area contributed by atoms with Gasteiger partial charge in [0.25, 0.3) is 0 Å². The van der Waals surface area contributed by atoms with Crippen molar-refractivity contribution in [3.63, 3.8) is 0 Å². The number of carbonyl (C=O) groups excluding carboxylic acids is 1. The molecule has 33 heavy (non-hydrogen) atoms. The van der Waals surface area contributed by atoms with Gasteiger partial charge in [-0.05, 0) is 36.4 Å². The van der Waals surface area contributed by atoms with E-state index in [4.69, 9.17) is 14.7 Å². The predicted molar refractivity (Wildman–Crippen MR) is 124 cm³/mol. The topological polar surface area (TPSA) is 81.1 Å². The van der Waals surface area contributed by atoms with Crippen LogP contribution in [0.15, 0.2) is 73.2 Å². The van der Waals surface area contributed by atoms with Crippen LogP contribution in [0, 0.1) is 0 Å². The Morgan fingerprint density at radius 3 is 2.76 bits per heavy atom. The Hall–Kier alpha value is -3.97. The average Bonchev–Trinajstić information content (AvgIpc) is 2.88. The van der Waals surface area contributed by atoms with Crippen LogP contribution >= 0.6 is 0 Å². The van der Waals surface area contributed by atoms with Gasteiger partial charge in [0.2, 0.25) is 0 Å². The first-order valence-electron chi connectivity index (χ1n) is 10.8. The van der Waals surface area contributed by atoms with Gasteiger partial charge in [-0.1, -0.05) is 18.2 Å². The van der Waals surface area contributed by atoms with E-state index in [1.54, 1.807) is 18.5 Å². The minimum atomic E-state index is -0.353. The number of methoxy groups -OCH3 is 1. The van der Waals surface area contributed by atoms with Gasteiger partial charge >= 0.3 is 5.97 Å². The predicted octanol–water partition coefficient (Wildman–Crippen LogP) is 3.95. The molecule has 0 aliphatic carbocycles. The van der Waals surface area contributed by atoms with E-state index in [1.165, 1.54) is 7.11 Å². The third-order valence-electron chi connectivity index (χ3n) is 5.70. The lowest BCUT2D eigenvalue weighted by atomic mass is 10.1. The van der Waals surface area contributed by atoms with Gasteiger partial charge in [-0.25, -0.2) is 14.8 Å². The van der Waals surface area contributed by atoms with Crippen molar-refractivity contribution in [3.05, 3.63) is 95.7 Å². The van der Waals surface area contributed by atoms with Crippen LogP contribution in [0.1, 0.15) is 27.3 Å². The molecule has 0 atom stereocenters. The summed E-state index contributed by atoms with van der Waals surface area (Å²) >= 11 is 0. The quantitative estimate of drug-likeness (QED) is 0.437. The van der Waals surface area contributed by atoms with E-state index >= 15 is 0 Å². The normalized spacial score (nSPS) is 13.4. The molecule has 0 saturated carbocycles. The van der Waals surface area contributed by atoms with Gasteiger partial charge in [0.1, 0.15) is 0 Å². The number of rotatable bonds is 5. The first-order chi connectivity index (χ1) is 16.2. The molecule has 7 heteroatoms. The molecule has 164 valence electrons. The van der Waals surface area contributed by atoms with Crippen molar-refractivity contribution < 1.29 is 9.53 Å². The number of hydrogen-bond donors (Lipinski definition) is 0. The molecule has 0 radical (unpaired) electrons. The lowest BCUT2D eigenvalue weighted by Crippen LogP contribution is -2.31. The molecular weight excluding hydrogens is 414 g/mol. The molecule has 0 fully saturated rings. The van der Waals surface area contributed by atoms with Crippen molar-refractivity contribution in [2.45, 2.75) is 19.5 Å². The fourth-order valence-electron chi connectivity index (χ4n) is 4.02. The molecule has 0 unspecified atom stereocenters. The number of ether oxygens (including phenoxy) is 1. The van der Waals surface area contributed by atoms with Crippen LogP contribution in [0.4, 0.5) is 0 Å². The second-order valence-corrected chi connectivity index (χ2v) is 7.95. The highest BCUT2D eigenvalue weighted by molar-refractivity contribution is 5.90. The van der Waals surface area contributed by atoms with Crippen LogP contribution in [0.2, 0.25) is 0 Å². The van der Waals surface area contributed by atoms with E-state index in [1.807, 2.05) is 54.7 Å². The molecular formula is C26H23N5O2. The molecule has 1 aliphatic heterocycles. The first-order valence-corrected chi connectivity index (χ1v) is 10.8. The molecule has 4 heterocycles. The van der Waals surface area contributed by atoms with Gasteiger partial charge in [0.15, 0.2) is 5.82 Å². The smallest absolute Gasteiger partial charge is 0.337 e. The van der Waals surface area contributed by atoms with E-state index in [0.29, 0.717) is 5.56 Å². The zero-order chi connectivity index (χ0) is 22.6. The van der Waals surface area contributed by atoms with Crippen LogP contribution in [0.3, 0.4) is 0 Å². The molecule has 7 nitrogen and oxygen atoms in total. The van der Waals surface area contributed by atoms with Crippen LogP contribution < -0.4 is 0 Å². The minimum absolute atomic E-state index is 0.353. The highest BCUT2D eigenvalue weighted by Gasteiger charge is 2.19. The summed E-state index contributed by atoms with van der Waals surface area (Å²) in [4.78, 5) is 32.6. The highest BCUT2D eigenvalue weighted by Crippen LogP contribution is 2.23. The number of benzene rings is 1. The van der Waals surface area contributed by atoms with Crippen molar-refractivity contribution >= 4 is 5.97 Å². The summed E-state index contributed by atoms with van der Waals surface area (Å²) in [7, 11) is 1.38. The van der Waals surface area contributed by atoms with Crippen LogP contribution in [-0.2, 0) is 24.2 Å². The van der Waals surface area contributed by atoms with Gasteiger partial charge in [-0.2, -0.15) is 0 Å². The summed E-state index contributed by atoms with van der Waals surface area (Å²) in [6.45, 7) is 2.42. The van der Waals surface area contributed by atoms with Gasteiger partial charge in [-0.15, -0.1) is 0 Å². The van der Waals surface area contributed by atoms with Gasteiger partial charge in [0.05, 0.1) is 29.8 Å². The lowest BCUT2D eigenvalue weighted by Gasteiger charge is -2.27. The van der Waals surface area contributed by atoms with E-state index < -0.39 is 0 Å². The van der Waals surface area contributed by atoms with E-state index in [9.17, 15) is 4.79 Å². The number of aromatic nitrogens is 4. The Kier molecular flexibility index (Phi) is 5.87.